The average molecular weight is 337 g/mol. The van der Waals surface area contributed by atoms with E-state index in [0.29, 0.717) is 18.4 Å². The van der Waals surface area contributed by atoms with Crippen LogP contribution in [0.4, 0.5) is 0 Å². The van der Waals surface area contributed by atoms with E-state index in [4.69, 9.17) is 0 Å². The second kappa shape index (κ2) is 7.34. The van der Waals surface area contributed by atoms with Gasteiger partial charge in [0.2, 0.25) is 0 Å². The first-order valence-electron chi connectivity index (χ1n) is 8.39. The number of aryl methyl sites for hydroxylation is 2. The molecule has 25 heavy (non-hydrogen) atoms. The molecule has 0 radical (unpaired) electrons. The Balaban J connectivity index is 1.69. The first-order chi connectivity index (χ1) is 12.0. The molecule has 1 aromatic carbocycles. The summed E-state index contributed by atoms with van der Waals surface area (Å²) in [6.45, 7) is 3.94. The molecule has 0 aliphatic heterocycles. The summed E-state index contributed by atoms with van der Waals surface area (Å²) in [6.07, 6.45) is 3.00. The number of aromatic amines is 1. The van der Waals surface area contributed by atoms with Crippen LogP contribution in [-0.2, 0) is 19.9 Å². The van der Waals surface area contributed by atoms with Gasteiger partial charge in [0, 0.05) is 31.6 Å². The van der Waals surface area contributed by atoms with Crippen molar-refractivity contribution in [1.29, 1.82) is 0 Å². The maximum Gasteiger partial charge on any atom is 0.254 e. The minimum atomic E-state index is -0.0983. The first kappa shape index (κ1) is 17.0. The predicted molar refractivity (Wildman–Crippen MR) is 96.4 cm³/mol. The van der Waals surface area contributed by atoms with Gasteiger partial charge in [0.1, 0.15) is 0 Å². The molecule has 1 atom stereocenters. The normalized spacial score (nSPS) is 12.1. The Morgan fingerprint density at radius 3 is 2.76 bits per heavy atom. The molecule has 0 bridgehead atoms. The molecule has 2 N–H and O–H groups in total. The van der Waals surface area contributed by atoms with E-state index < -0.39 is 0 Å². The van der Waals surface area contributed by atoms with Gasteiger partial charge >= 0.3 is 0 Å². The molecule has 1 amide bonds. The number of hydrogen-bond acceptors (Lipinski definition) is 3. The first-order valence-corrected chi connectivity index (χ1v) is 8.39. The van der Waals surface area contributed by atoms with E-state index >= 15 is 0 Å². The number of aromatic nitrogens is 4. The maximum absolute atomic E-state index is 12.7. The Morgan fingerprint density at radius 2 is 2.08 bits per heavy atom. The average Bonchev–Trinajstić information content (AvgIpc) is 3.15. The van der Waals surface area contributed by atoms with Crippen molar-refractivity contribution in [3.63, 3.8) is 0 Å². The minimum Gasteiger partial charge on any atom is -0.349 e. The van der Waals surface area contributed by atoms with E-state index in [-0.39, 0.29) is 11.9 Å². The Hall–Kier alpha value is -2.89. The molecule has 0 fully saturated rings. The Labute approximate surface area is 147 Å². The van der Waals surface area contributed by atoms with Crippen molar-refractivity contribution >= 4 is 5.91 Å². The molecule has 0 saturated heterocycles. The Bertz CT molecular complexity index is 850. The molecule has 0 aliphatic rings. The van der Waals surface area contributed by atoms with Crippen molar-refractivity contribution in [1.82, 2.24) is 25.3 Å². The van der Waals surface area contributed by atoms with Crippen LogP contribution < -0.4 is 5.32 Å². The van der Waals surface area contributed by atoms with Crippen LogP contribution in [0.1, 0.15) is 39.9 Å². The SMILES string of the molecule is Cc1cc(CC(C)NC(=O)c2cnn(C)c2Cc2ccccc2)n[nH]1. The highest BCUT2D eigenvalue weighted by molar-refractivity contribution is 5.95. The van der Waals surface area contributed by atoms with Crippen LogP contribution in [0.15, 0.2) is 42.6 Å². The van der Waals surface area contributed by atoms with E-state index in [2.05, 4.69) is 32.7 Å². The summed E-state index contributed by atoms with van der Waals surface area (Å²) < 4.78 is 1.77. The molecule has 2 aromatic heterocycles. The number of rotatable bonds is 6. The van der Waals surface area contributed by atoms with Crippen molar-refractivity contribution in [2.75, 3.05) is 0 Å². The highest BCUT2D eigenvalue weighted by Crippen LogP contribution is 2.14. The molecule has 3 aromatic rings. The van der Waals surface area contributed by atoms with E-state index in [1.165, 1.54) is 0 Å². The van der Waals surface area contributed by atoms with Gasteiger partial charge in [0.05, 0.1) is 23.1 Å². The number of H-pyrrole nitrogens is 1. The van der Waals surface area contributed by atoms with Crippen LogP contribution in [-0.4, -0.2) is 31.9 Å². The third-order valence-corrected chi connectivity index (χ3v) is 4.17. The maximum atomic E-state index is 12.7. The summed E-state index contributed by atoms with van der Waals surface area (Å²) in [5.41, 5.74) is 4.65. The second-order valence-corrected chi connectivity index (χ2v) is 6.41. The van der Waals surface area contributed by atoms with Crippen molar-refractivity contribution in [2.24, 2.45) is 7.05 Å². The lowest BCUT2D eigenvalue weighted by Gasteiger charge is -2.13. The van der Waals surface area contributed by atoms with Gasteiger partial charge in [0.15, 0.2) is 0 Å². The van der Waals surface area contributed by atoms with E-state index in [1.807, 2.05) is 45.2 Å². The molecule has 1 unspecified atom stereocenters. The zero-order valence-corrected chi connectivity index (χ0v) is 14.8. The number of hydrogen-bond donors (Lipinski definition) is 2. The van der Waals surface area contributed by atoms with Gasteiger partial charge < -0.3 is 5.32 Å². The van der Waals surface area contributed by atoms with Gasteiger partial charge in [-0.1, -0.05) is 30.3 Å². The zero-order valence-electron chi connectivity index (χ0n) is 14.8. The number of carbonyl (C=O) groups excluding carboxylic acids is 1. The fourth-order valence-corrected chi connectivity index (χ4v) is 2.90. The monoisotopic (exact) mass is 337 g/mol. The van der Waals surface area contributed by atoms with Crippen LogP contribution in [0.2, 0.25) is 0 Å². The van der Waals surface area contributed by atoms with E-state index in [1.54, 1.807) is 10.9 Å². The van der Waals surface area contributed by atoms with E-state index in [9.17, 15) is 4.79 Å². The number of amides is 1. The van der Waals surface area contributed by atoms with Crippen molar-refractivity contribution in [3.05, 3.63) is 70.8 Å². The fourth-order valence-electron chi connectivity index (χ4n) is 2.90. The summed E-state index contributed by atoms with van der Waals surface area (Å²) in [5.74, 6) is -0.0983. The van der Waals surface area contributed by atoms with Crippen molar-refractivity contribution in [2.45, 2.75) is 32.7 Å². The highest BCUT2D eigenvalue weighted by atomic mass is 16.1. The third kappa shape index (κ3) is 4.15. The topological polar surface area (TPSA) is 75.6 Å². The lowest BCUT2D eigenvalue weighted by atomic mass is 10.1. The van der Waals surface area contributed by atoms with E-state index in [0.717, 1.165) is 22.6 Å². The van der Waals surface area contributed by atoms with Gasteiger partial charge in [-0.25, -0.2) is 0 Å². The number of benzene rings is 1. The number of nitrogens with zero attached hydrogens (tertiary/aromatic N) is 3. The third-order valence-electron chi connectivity index (χ3n) is 4.17. The molecule has 2 heterocycles. The standard InChI is InChI=1S/C19H23N5O/c1-13(9-16-10-14(2)22-23-16)21-19(25)17-12-20-24(3)18(17)11-15-7-5-4-6-8-15/h4-8,10,12-13H,9,11H2,1-3H3,(H,21,25)(H,22,23). The second-order valence-electron chi connectivity index (χ2n) is 6.41. The van der Waals surface area contributed by atoms with Crippen molar-refractivity contribution in [3.8, 4) is 0 Å². The lowest BCUT2D eigenvalue weighted by Crippen LogP contribution is -2.34. The van der Waals surface area contributed by atoms with Gasteiger partial charge in [-0.05, 0) is 25.5 Å². The van der Waals surface area contributed by atoms with Crippen LogP contribution >= 0.6 is 0 Å². The molecule has 6 nitrogen and oxygen atoms in total. The Morgan fingerprint density at radius 1 is 1.32 bits per heavy atom. The number of nitrogens with one attached hydrogen (secondary N) is 2. The smallest absolute Gasteiger partial charge is 0.254 e. The van der Waals surface area contributed by atoms with Gasteiger partial charge in [-0.2, -0.15) is 10.2 Å². The molecule has 6 heteroatoms. The van der Waals surface area contributed by atoms with Crippen LogP contribution in [0.25, 0.3) is 0 Å². The summed E-state index contributed by atoms with van der Waals surface area (Å²) in [7, 11) is 1.87. The molecular formula is C19H23N5O. The summed E-state index contributed by atoms with van der Waals surface area (Å²) >= 11 is 0. The fraction of sp³-hybridized carbons (Fsp3) is 0.316. The zero-order chi connectivity index (χ0) is 17.8. The minimum absolute atomic E-state index is 0.0139. The predicted octanol–water partition coefficient (Wildman–Crippen LogP) is 2.40. The molecule has 130 valence electrons. The summed E-state index contributed by atoms with van der Waals surface area (Å²) in [4.78, 5) is 12.7. The molecule has 3 rings (SSSR count). The van der Waals surface area contributed by atoms with Crippen LogP contribution in [0.5, 0.6) is 0 Å². The molecule has 0 aliphatic carbocycles. The van der Waals surface area contributed by atoms with Gasteiger partial charge in [-0.15, -0.1) is 0 Å². The van der Waals surface area contributed by atoms with Gasteiger partial charge in [0.25, 0.3) is 5.91 Å². The van der Waals surface area contributed by atoms with Crippen molar-refractivity contribution < 1.29 is 4.79 Å². The lowest BCUT2D eigenvalue weighted by molar-refractivity contribution is 0.0939. The quantitative estimate of drug-likeness (QED) is 0.725. The molecule has 0 spiro atoms. The molecular weight excluding hydrogens is 314 g/mol. The highest BCUT2D eigenvalue weighted by Gasteiger charge is 2.18. The molecule has 0 saturated carbocycles. The number of carbonyl (C=O) groups is 1. The summed E-state index contributed by atoms with van der Waals surface area (Å²) in [6, 6.07) is 12.1. The largest absolute Gasteiger partial charge is 0.349 e. The summed E-state index contributed by atoms with van der Waals surface area (Å²) in [5, 5.41) is 14.5. The van der Waals surface area contributed by atoms with Gasteiger partial charge in [-0.3, -0.25) is 14.6 Å². The van der Waals surface area contributed by atoms with Crippen LogP contribution in [0, 0.1) is 6.92 Å². The Kier molecular flexibility index (Phi) is 4.97. The van der Waals surface area contributed by atoms with Crippen LogP contribution in [0.3, 0.4) is 0 Å².